The number of carbonyl (C=O) groups excluding carboxylic acids is 1. The molecule has 0 aliphatic heterocycles. The van der Waals surface area contributed by atoms with Gasteiger partial charge in [0.25, 0.3) is 5.91 Å². The van der Waals surface area contributed by atoms with E-state index < -0.39 is 40.6 Å². The minimum Gasteiger partial charge on any atom is -0.386 e. The second-order valence-electron chi connectivity index (χ2n) is 6.28. The van der Waals surface area contributed by atoms with E-state index in [4.69, 9.17) is 11.6 Å². The SMILES string of the molecule is O=C(Nc1ccc(-n2nc(C(F)(F)F)cc2C(F)(F)F)cc1)C1(Cl)C=CC=CC1O. The van der Waals surface area contributed by atoms with Crippen LogP contribution in [-0.4, -0.2) is 31.8 Å². The lowest BCUT2D eigenvalue weighted by molar-refractivity contribution is -0.143. The number of aliphatic hydroxyl groups is 1. The Kier molecular flexibility index (Phi) is 5.46. The third-order valence-electron chi connectivity index (χ3n) is 4.18. The van der Waals surface area contributed by atoms with Crippen molar-refractivity contribution in [1.82, 2.24) is 9.78 Å². The molecular weight excluding hydrogens is 440 g/mol. The number of halogens is 7. The van der Waals surface area contributed by atoms with Crippen LogP contribution in [0, 0.1) is 0 Å². The number of nitrogens with one attached hydrogen (secondary N) is 1. The van der Waals surface area contributed by atoms with Gasteiger partial charge in [-0.2, -0.15) is 31.4 Å². The van der Waals surface area contributed by atoms with Gasteiger partial charge in [0.05, 0.1) is 5.69 Å². The number of benzene rings is 1. The number of amides is 1. The summed E-state index contributed by atoms with van der Waals surface area (Å²) in [6.07, 6.45) is -5.95. The molecule has 0 fully saturated rings. The second-order valence-corrected chi connectivity index (χ2v) is 6.91. The Bertz CT molecular complexity index is 1010. The molecule has 3 rings (SSSR count). The minimum atomic E-state index is -5.08. The summed E-state index contributed by atoms with van der Waals surface area (Å²) in [5.41, 5.74) is -3.51. The van der Waals surface area contributed by atoms with Crippen LogP contribution in [-0.2, 0) is 17.1 Å². The van der Waals surface area contributed by atoms with E-state index in [1.165, 1.54) is 24.3 Å². The van der Waals surface area contributed by atoms with Gasteiger partial charge in [0, 0.05) is 11.8 Å². The summed E-state index contributed by atoms with van der Waals surface area (Å²) in [6, 6.07) is 4.34. The van der Waals surface area contributed by atoms with Crippen molar-refractivity contribution in [3.05, 3.63) is 66.0 Å². The molecule has 1 aliphatic rings. The number of anilines is 1. The molecule has 1 amide bonds. The Morgan fingerprint density at radius 3 is 2.27 bits per heavy atom. The van der Waals surface area contributed by atoms with Crippen molar-refractivity contribution in [2.24, 2.45) is 0 Å². The fourth-order valence-corrected chi connectivity index (χ4v) is 2.84. The molecule has 160 valence electrons. The molecule has 0 spiro atoms. The summed E-state index contributed by atoms with van der Waals surface area (Å²) in [5, 5.41) is 15.3. The maximum atomic E-state index is 13.1. The molecule has 1 heterocycles. The molecule has 0 saturated carbocycles. The summed E-state index contributed by atoms with van der Waals surface area (Å²) in [6.45, 7) is 0. The van der Waals surface area contributed by atoms with E-state index in [0.717, 1.165) is 24.3 Å². The van der Waals surface area contributed by atoms with Crippen LogP contribution in [0.1, 0.15) is 11.4 Å². The van der Waals surface area contributed by atoms with Crippen LogP contribution in [0.25, 0.3) is 5.69 Å². The van der Waals surface area contributed by atoms with E-state index in [2.05, 4.69) is 10.4 Å². The molecule has 0 bridgehead atoms. The number of hydrogen-bond acceptors (Lipinski definition) is 3. The number of alkyl halides is 7. The van der Waals surface area contributed by atoms with Gasteiger partial charge in [-0.25, -0.2) is 4.68 Å². The summed E-state index contributed by atoms with van der Waals surface area (Å²) in [4.78, 5) is 10.6. The highest BCUT2D eigenvalue weighted by Crippen LogP contribution is 2.36. The van der Waals surface area contributed by atoms with E-state index in [-0.39, 0.29) is 22.1 Å². The zero-order valence-corrected chi connectivity index (χ0v) is 15.4. The van der Waals surface area contributed by atoms with Crippen molar-refractivity contribution in [1.29, 1.82) is 0 Å². The predicted molar refractivity (Wildman–Crippen MR) is 95.1 cm³/mol. The van der Waals surface area contributed by atoms with E-state index in [0.29, 0.717) is 0 Å². The molecule has 2 atom stereocenters. The van der Waals surface area contributed by atoms with E-state index in [9.17, 15) is 36.2 Å². The van der Waals surface area contributed by atoms with Crippen LogP contribution >= 0.6 is 11.6 Å². The highest BCUT2D eigenvalue weighted by Gasteiger charge is 2.43. The fraction of sp³-hybridized carbons (Fsp3) is 0.222. The number of nitrogens with zero attached hydrogens (tertiary/aromatic N) is 2. The molecule has 0 saturated heterocycles. The molecule has 1 aliphatic carbocycles. The van der Waals surface area contributed by atoms with Crippen molar-refractivity contribution in [2.45, 2.75) is 23.3 Å². The molecule has 1 aromatic heterocycles. The number of carbonyl (C=O) groups is 1. The lowest BCUT2D eigenvalue weighted by Gasteiger charge is -2.27. The van der Waals surface area contributed by atoms with Gasteiger partial charge >= 0.3 is 12.4 Å². The Labute approximate surface area is 170 Å². The Morgan fingerprint density at radius 2 is 1.73 bits per heavy atom. The number of hydrogen-bond donors (Lipinski definition) is 2. The van der Waals surface area contributed by atoms with Gasteiger partial charge < -0.3 is 10.4 Å². The van der Waals surface area contributed by atoms with Crippen molar-refractivity contribution >= 4 is 23.2 Å². The third kappa shape index (κ3) is 4.21. The van der Waals surface area contributed by atoms with Crippen LogP contribution in [0.5, 0.6) is 0 Å². The molecule has 2 aromatic rings. The highest BCUT2D eigenvalue weighted by atomic mass is 35.5. The lowest BCUT2D eigenvalue weighted by atomic mass is 9.95. The standard InChI is InChI=1S/C18H12ClF6N3O2/c19-16(8-2-1-3-14(16)29)15(30)26-10-4-6-11(7-5-10)28-13(18(23,24)25)9-12(27-28)17(20,21)22/h1-9,14,29H,(H,26,30). The minimum absolute atomic E-state index is 0.0861. The first-order chi connectivity index (χ1) is 13.8. The Hall–Kier alpha value is -2.79. The third-order valence-corrected chi connectivity index (χ3v) is 4.70. The number of aromatic nitrogens is 2. The van der Waals surface area contributed by atoms with Gasteiger partial charge in [-0.1, -0.05) is 24.3 Å². The second kappa shape index (κ2) is 7.47. The topological polar surface area (TPSA) is 67.2 Å². The van der Waals surface area contributed by atoms with Crippen molar-refractivity contribution in [2.75, 3.05) is 5.32 Å². The Morgan fingerprint density at radius 1 is 1.10 bits per heavy atom. The first kappa shape index (κ1) is 21.9. The zero-order valence-electron chi connectivity index (χ0n) is 14.7. The van der Waals surface area contributed by atoms with Crippen molar-refractivity contribution < 1.29 is 36.2 Å². The average molecular weight is 452 g/mol. The summed E-state index contributed by atoms with van der Waals surface area (Å²) >= 11 is 6.12. The molecule has 2 N–H and O–H groups in total. The van der Waals surface area contributed by atoms with Crippen LogP contribution in [0.4, 0.5) is 32.0 Å². The monoisotopic (exact) mass is 451 g/mol. The molecular formula is C18H12ClF6N3O2. The van der Waals surface area contributed by atoms with Crippen molar-refractivity contribution in [3.63, 3.8) is 0 Å². The van der Waals surface area contributed by atoms with Crippen LogP contribution in [0.15, 0.2) is 54.6 Å². The average Bonchev–Trinajstić information content (AvgIpc) is 3.11. The van der Waals surface area contributed by atoms with Gasteiger partial charge in [-0.15, -0.1) is 11.6 Å². The summed E-state index contributed by atoms with van der Waals surface area (Å²) < 4.78 is 77.9. The molecule has 5 nitrogen and oxygen atoms in total. The molecule has 2 unspecified atom stereocenters. The molecule has 1 aromatic carbocycles. The normalized spacial score (nSPS) is 21.7. The van der Waals surface area contributed by atoms with E-state index in [1.807, 2.05) is 0 Å². The number of allylic oxidation sites excluding steroid dienone is 2. The zero-order chi connectivity index (χ0) is 22.3. The van der Waals surface area contributed by atoms with Crippen LogP contribution < -0.4 is 5.32 Å². The molecule has 0 radical (unpaired) electrons. The van der Waals surface area contributed by atoms with Crippen molar-refractivity contribution in [3.8, 4) is 5.69 Å². The van der Waals surface area contributed by atoms with Gasteiger partial charge in [0.15, 0.2) is 10.6 Å². The van der Waals surface area contributed by atoms with E-state index >= 15 is 0 Å². The van der Waals surface area contributed by atoms with Gasteiger partial charge in [0.1, 0.15) is 11.8 Å². The van der Waals surface area contributed by atoms with Crippen LogP contribution in [0.2, 0.25) is 0 Å². The summed E-state index contributed by atoms with van der Waals surface area (Å²) in [5.74, 6) is -0.806. The predicted octanol–water partition coefficient (Wildman–Crippen LogP) is 4.31. The first-order valence-electron chi connectivity index (χ1n) is 8.22. The number of aliphatic hydroxyl groups excluding tert-OH is 1. The smallest absolute Gasteiger partial charge is 0.386 e. The Balaban J connectivity index is 1.88. The molecule has 12 heteroatoms. The lowest BCUT2D eigenvalue weighted by Crippen LogP contribution is -2.46. The van der Waals surface area contributed by atoms with E-state index in [1.54, 1.807) is 0 Å². The van der Waals surface area contributed by atoms with Crippen LogP contribution in [0.3, 0.4) is 0 Å². The quantitative estimate of drug-likeness (QED) is 0.540. The maximum Gasteiger partial charge on any atom is 0.435 e. The number of rotatable bonds is 3. The summed E-state index contributed by atoms with van der Waals surface area (Å²) in [7, 11) is 0. The largest absolute Gasteiger partial charge is 0.435 e. The van der Waals surface area contributed by atoms with Gasteiger partial charge in [0.2, 0.25) is 0 Å². The maximum absolute atomic E-state index is 13.1. The fourth-order valence-electron chi connectivity index (χ4n) is 2.64. The molecule has 30 heavy (non-hydrogen) atoms. The highest BCUT2D eigenvalue weighted by molar-refractivity contribution is 6.39. The first-order valence-corrected chi connectivity index (χ1v) is 8.59. The van der Waals surface area contributed by atoms with Gasteiger partial charge in [-0.05, 0) is 24.3 Å². The van der Waals surface area contributed by atoms with Gasteiger partial charge in [-0.3, -0.25) is 4.79 Å².